The smallest absolute Gasteiger partial charge is 0.331 e. The summed E-state index contributed by atoms with van der Waals surface area (Å²) in [6.45, 7) is -0.781. The van der Waals surface area contributed by atoms with E-state index in [1.54, 1.807) is 0 Å². The Labute approximate surface area is 407 Å². The van der Waals surface area contributed by atoms with Gasteiger partial charge in [0, 0.05) is 30.5 Å². The molecule has 0 amide bonds. The van der Waals surface area contributed by atoms with E-state index in [1.807, 2.05) is 19.9 Å². The zero-order valence-electron chi connectivity index (χ0n) is 37.1. The number of nitrogens with one attached hydrogen (secondary N) is 4. The van der Waals surface area contributed by atoms with Gasteiger partial charge in [-0.1, -0.05) is 17.8 Å². The summed E-state index contributed by atoms with van der Waals surface area (Å²) in [6, 6.07) is 3.02. The number of aromatic nitrogens is 8. The van der Waals surface area contributed by atoms with Crippen molar-refractivity contribution in [3.05, 3.63) is 131 Å². The third-order valence-electron chi connectivity index (χ3n) is 12.1. The van der Waals surface area contributed by atoms with E-state index in [1.165, 1.54) is 0 Å². The second-order valence-corrected chi connectivity index (χ2v) is 16.9. The number of H-pyrrole nitrogens is 4. The number of rotatable bonds is 8. The zero-order chi connectivity index (χ0) is 53.8. The van der Waals surface area contributed by atoms with Crippen LogP contribution in [0, 0.1) is 35.5 Å². The molecule has 0 radical (unpaired) electrons. The van der Waals surface area contributed by atoms with Crippen LogP contribution in [0.1, 0.15) is 42.0 Å². The first-order valence-electron chi connectivity index (χ1n) is 21.7. The summed E-state index contributed by atoms with van der Waals surface area (Å²) < 4.78 is 24.4. The van der Waals surface area contributed by atoms with Gasteiger partial charge in [0.05, 0.1) is 6.61 Å². The summed E-state index contributed by atoms with van der Waals surface area (Å²) in [4.78, 5) is 108. The summed E-state index contributed by atoms with van der Waals surface area (Å²) in [5.41, 5.74) is -10.6. The lowest BCUT2D eigenvalue weighted by Crippen LogP contribution is -2.40. The molecule has 32 nitrogen and oxygen atoms in total. The third-order valence-corrected chi connectivity index (χ3v) is 12.1. The Hall–Kier alpha value is -7.24. The lowest BCUT2D eigenvalue weighted by atomic mass is 10.0. The highest BCUT2D eigenvalue weighted by Crippen LogP contribution is 2.34. The number of ether oxygens (including phenoxy) is 4. The Morgan fingerprint density at radius 3 is 1.12 bits per heavy atom. The van der Waals surface area contributed by atoms with Gasteiger partial charge in [0.1, 0.15) is 109 Å². The average molecular weight is 1040 g/mol. The molecule has 32 heteroatoms. The molecule has 8 rings (SSSR count). The highest BCUT2D eigenvalue weighted by molar-refractivity contribution is 5.33. The van der Waals surface area contributed by atoms with Gasteiger partial charge in [-0.25, -0.2) is 19.2 Å². The molecule has 4 aromatic heterocycles. The van der Waals surface area contributed by atoms with Crippen molar-refractivity contribution in [3.63, 3.8) is 0 Å². The van der Waals surface area contributed by atoms with E-state index in [9.17, 15) is 99.6 Å². The Morgan fingerprint density at radius 1 is 0.446 bits per heavy atom. The molecular formula is C42H42N8O24. The predicted molar refractivity (Wildman–Crippen MR) is 235 cm³/mol. The van der Waals surface area contributed by atoms with Gasteiger partial charge in [-0.2, -0.15) is 0 Å². The van der Waals surface area contributed by atoms with Crippen LogP contribution in [0.25, 0.3) is 0 Å². The quantitative estimate of drug-likeness (QED) is 0.0729. The van der Waals surface area contributed by atoms with Gasteiger partial charge in [-0.05, 0) is 17.8 Å². The molecule has 0 spiro atoms. The van der Waals surface area contributed by atoms with Crippen molar-refractivity contribution in [2.75, 3.05) is 6.61 Å². The van der Waals surface area contributed by atoms with Crippen LogP contribution in [0.3, 0.4) is 0 Å². The van der Waals surface area contributed by atoms with Gasteiger partial charge in [0.15, 0.2) is 24.9 Å². The Morgan fingerprint density at radius 2 is 0.770 bits per heavy atom. The largest absolute Gasteiger partial charge is 0.394 e. The van der Waals surface area contributed by atoms with E-state index >= 15 is 0 Å². The van der Waals surface area contributed by atoms with Crippen molar-refractivity contribution in [1.29, 1.82) is 0 Å². The highest BCUT2D eigenvalue weighted by Gasteiger charge is 2.50. The van der Waals surface area contributed by atoms with Crippen LogP contribution in [0.2, 0.25) is 0 Å². The maximum absolute atomic E-state index is 13.2. The maximum Gasteiger partial charge on any atom is 0.331 e. The first-order valence-corrected chi connectivity index (χ1v) is 21.7. The van der Waals surface area contributed by atoms with Gasteiger partial charge >= 0.3 is 22.8 Å². The first-order chi connectivity index (χ1) is 35.0. The molecule has 0 saturated carbocycles. The molecule has 4 aliphatic rings. The lowest BCUT2D eigenvalue weighted by molar-refractivity contribution is -0.0714. The third kappa shape index (κ3) is 9.94. The minimum Gasteiger partial charge on any atom is -0.394 e. The van der Waals surface area contributed by atoms with Gasteiger partial charge in [-0.15, -0.1) is 0 Å². The van der Waals surface area contributed by atoms with Crippen LogP contribution >= 0.6 is 0 Å². The molecule has 19 atom stereocenters. The fourth-order valence-corrected chi connectivity index (χ4v) is 8.47. The molecule has 0 bridgehead atoms. The first kappa shape index (κ1) is 53.1. The molecule has 4 fully saturated rings. The molecule has 394 valence electrons. The molecule has 74 heavy (non-hydrogen) atoms. The van der Waals surface area contributed by atoms with Crippen LogP contribution in [-0.4, -0.2) is 198 Å². The molecule has 16 N–H and O–H groups in total. The van der Waals surface area contributed by atoms with Crippen molar-refractivity contribution < 1.29 is 80.2 Å². The number of nitrogens with zero attached hydrogens (tertiary/aromatic N) is 4. The number of hydrogen-bond acceptors (Lipinski definition) is 24. The predicted octanol–water partition coefficient (Wildman–Crippen LogP) is -12.2. The van der Waals surface area contributed by atoms with Crippen LogP contribution in [-0.2, 0) is 18.9 Å². The standard InChI is InChI=1S/C42H42N8O24/c51-12-19-24(59)28(63)36(71-19)48-13(9-21(56)44-40(48)68)1-5-17(53)33-26(61)30(65)38(73-33)50-15(11-23(58)46-42(50)70)3-6-18(54)34-27(62)31(66)37(74-34)49-14(10-22(57)45-41(49)69)2-4-16(52)32-25(60)29(64)35(72-32)47-8-7-20(55)43-39(47)67/h7-11,16-19,24-38,51-54,59-66H,12H2,(H,43,55,67)(H,44,56,68)(H,45,57,69)(H,46,58,70)/t16-,17-,18-,19-,24-,25+,26+,27+,28-,29-,30-,31-,32-,33-,34-,35-,36-,37-,38-/m1/s1. The van der Waals surface area contributed by atoms with Gasteiger partial charge < -0.3 is 80.2 Å². The average Bonchev–Trinajstić information content (AvgIpc) is 4.01. The van der Waals surface area contributed by atoms with E-state index in [4.69, 9.17) is 18.9 Å². The molecule has 4 aliphatic heterocycles. The van der Waals surface area contributed by atoms with E-state index in [2.05, 4.69) is 35.5 Å². The van der Waals surface area contributed by atoms with Crippen molar-refractivity contribution in [2.45, 2.75) is 116 Å². The number of hydrogen-bond donors (Lipinski definition) is 16. The highest BCUT2D eigenvalue weighted by atomic mass is 16.6. The molecule has 4 saturated heterocycles. The van der Waals surface area contributed by atoms with Crippen molar-refractivity contribution >= 4 is 0 Å². The molecular weight excluding hydrogens is 1000 g/mol. The molecule has 4 aromatic rings. The van der Waals surface area contributed by atoms with Crippen molar-refractivity contribution in [1.82, 2.24) is 38.2 Å². The monoisotopic (exact) mass is 1040 g/mol. The van der Waals surface area contributed by atoms with Gasteiger partial charge in [0.25, 0.3) is 22.2 Å². The fraction of sp³-hybridized carbons (Fsp3) is 0.476. The summed E-state index contributed by atoms with van der Waals surface area (Å²) in [5.74, 6) is 13.4. The summed E-state index contributed by atoms with van der Waals surface area (Å²) >= 11 is 0. The second-order valence-electron chi connectivity index (χ2n) is 16.9. The minimum atomic E-state index is -2.20. The molecule has 0 aliphatic carbocycles. The molecule has 8 heterocycles. The fourth-order valence-electron chi connectivity index (χ4n) is 8.47. The van der Waals surface area contributed by atoms with Crippen molar-refractivity contribution in [2.24, 2.45) is 0 Å². The summed E-state index contributed by atoms with van der Waals surface area (Å²) in [7, 11) is 0. The normalized spacial score (nSPS) is 32.6. The van der Waals surface area contributed by atoms with Gasteiger partial charge in [0.2, 0.25) is 0 Å². The van der Waals surface area contributed by atoms with Crippen LogP contribution in [0.15, 0.2) is 68.8 Å². The Bertz CT molecular complexity index is 3510. The summed E-state index contributed by atoms with van der Waals surface area (Å²) in [6.07, 6.45) is -35.4. The SMILES string of the molecule is O=c1ccn([C@@H]2O[C@H]([C@H](O)C#Cc3cc(=O)[nH]c(=O)n3[C@@H]3O[C@H]([C@H](O)C#Cc4cc(=O)[nH]c(=O)n4[C@@H]4O[C@H]([C@H](O)C#Cc5cc(=O)[nH]c(=O)n5[C@@H]5O[C@H](CO)[C@@H](O)[C@H]5O)[C@@H](O)[C@H]4O)[C@@H](O)[C@H]3O)[C@@H](O)[C@H]2O)c(=O)[nH]1. The maximum atomic E-state index is 13.2. The summed E-state index contributed by atoms with van der Waals surface area (Å²) in [5, 5.41) is 129. The van der Waals surface area contributed by atoms with E-state index in [-0.39, 0.29) is 0 Å². The zero-order valence-corrected chi connectivity index (χ0v) is 37.1. The topological polar surface area (TPSA) is 499 Å². The molecule has 0 unspecified atom stereocenters. The second kappa shape index (κ2) is 20.9. The Kier molecular flexibility index (Phi) is 15.0. The number of aliphatic hydroxyl groups excluding tert-OH is 12. The van der Waals surface area contributed by atoms with Crippen molar-refractivity contribution in [3.8, 4) is 35.5 Å². The van der Waals surface area contributed by atoms with Gasteiger partial charge in [-0.3, -0.25) is 57.4 Å². The molecule has 0 aromatic carbocycles. The minimum absolute atomic E-state index is 0.480. The number of aliphatic hydroxyl groups is 12. The lowest BCUT2D eigenvalue weighted by Gasteiger charge is -2.20. The van der Waals surface area contributed by atoms with Crippen LogP contribution < -0.4 is 45.0 Å². The number of aromatic amines is 4. The van der Waals surface area contributed by atoms with Crippen LogP contribution in [0.5, 0.6) is 0 Å². The van der Waals surface area contributed by atoms with E-state index < -0.39 is 185 Å². The van der Waals surface area contributed by atoms with Crippen LogP contribution in [0.4, 0.5) is 0 Å². The Balaban J connectivity index is 1.02. The van der Waals surface area contributed by atoms with E-state index in [0.717, 1.165) is 22.9 Å². The van der Waals surface area contributed by atoms with E-state index in [0.29, 0.717) is 25.8 Å².